The molecule has 148 valence electrons. The van der Waals surface area contributed by atoms with E-state index in [1.54, 1.807) is 20.8 Å². The first-order chi connectivity index (χ1) is 11.8. The molecule has 1 aromatic carbocycles. The number of carbonyl (C=O) groups excluding carboxylic acids is 1. The Labute approximate surface area is 149 Å². The molecule has 0 fully saturated rings. The zero-order valence-corrected chi connectivity index (χ0v) is 15.1. The van der Waals surface area contributed by atoms with Gasteiger partial charge in [-0.1, -0.05) is 0 Å². The minimum Gasteiger partial charge on any atom is -0.497 e. The Hall–Kier alpha value is -2.00. The number of alkyl carbamates (subject to hydrolysis) is 1. The molecule has 0 radical (unpaired) electrons. The Bertz CT molecular complexity index is 613. The van der Waals surface area contributed by atoms with Crippen LogP contribution in [0.4, 0.5) is 18.0 Å². The van der Waals surface area contributed by atoms with Crippen molar-refractivity contribution >= 4 is 6.09 Å². The number of methoxy groups -OCH3 is 1. The highest BCUT2D eigenvalue weighted by Crippen LogP contribution is 2.34. The van der Waals surface area contributed by atoms with Crippen molar-refractivity contribution in [3.8, 4) is 5.75 Å². The first kappa shape index (κ1) is 22.0. The van der Waals surface area contributed by atoms with Gasteiger partial charge in [-0.2, -0.15) is 13.2 Å². The Morgan fingerprint density at radius 1 is 1.19 bits per heavy atom. The van der Waals surface area contributed by atoms with Gasteiger partial charge in [0.15, 0.2) is 0 Å². The third-order valence-corrected chi connectivity index (χ3v) is 3.31. The van der Waals surface area contributed by atoms with E-state index >= 15 is 0 Å². The van der Waals surface area contributed by atoms with Gasteiger partial charge in [0, 0.05) is 6.54 Å². The molecule has 0 bridgehead atoms. The lowest BCUT2D eigenvalue weighted by Gasteiger charge is -2.22. The van der Waals surface area contributed by atoms with Crippen molar-refractivity contribution in [3.05, 3.63) is 29.3 Å². The van der Waals surface area contributed by atoms with Crippen LogP contribution in [0.2, 0.25) is 0 Å². The average Bonchev–Trinajstić information content (AvgIpc) is 2.50. The molecule has 2 unspecified atom stereocenters. The van der Waals surface area contributed by atoms with Crippen LogP contribution in [-0.4, -0.2) is 41.7 Å². The molecule has 6 nitrogen and oxygen atoms in total. The standard InChI is InChI=1S/C17H24F3NO5/c1-16(2,3)26-15(24)21-6-5-13(22)14(23)10-7-11(17(18,19)20)9-12(8-10)25-4/h7-9,13-14,22-23H,5-6H2,1-4H3,(H,21,24). The topological polar surface area (TPSA) is 88.0 Å². The maximum Gasteiger partial charge on any atom is 0.416 e. The molecule has 1 aromatic rings. The van der Waals surface area contributed by atoms with Crippen LogP contribution in [0.15, 0.2) is 18.2 Å². The van der Waals surface area contributed by atoms with Crippen LogP contribution in [0.3, 0.4) is 0 Å². The molecule has 2 atom stereocenters. The van der Waals surface area contributed by atoms with Gasteiger partial charge >= 0.3 is 12.3 Å². The maximum absolute atomic E-state index is 12.9. The molecule has 9 heteroatoms. The fourth-order valence-electron chi connectivity index (χ4n) is 2.09. The van der Waals surface area contributed by atoms with Gasteiger partial charge in [-0.15, -0.1) is 0 Å². The number of rotatable bonds is 6. The number of aliphatic hydroxyl groups excluding tert-OH is 2. The maximum atomic E-state index is 12.9. The number of carbonyl (C=O) groups is 1. The van der Waals surface area contributed by atoms with Crippen LogP contribution in [0.5, 0.6) is 5.75 Å². The van der Waals surface area contributed by atoms with Crippen molar-refractivity contribution in [3.63, 3.8) is 0 Å². The summed E-state index contributed by atoms with van der Waals surface area (Å²) in [6.45, 7) is 5.04. The van der Waals surface area contributed by atoms with E-state index in [0.29, 0.717) is 0 Å². The van der Waals surface area contributed by atoms with E-state index in [-0.39, 0.29) is 24.3 Å². The largest absolute Gasteiger partial charge is 0.497 e. The third kappa shape index (κ3) is 7.09. The molecule has 0 aliphatic rings. The van der Waals surface area contributed by atoms with Crippen LogP contribution in [0.25, 0.3) is 0 Å². The van der Waals surface area contributed by atoms with Crippen LogP contribution in [0, 0.1) is 0 Å². The predicted molar refractivity (Wildman–Crippen MR) is 87.8 cm³/mol. The lowest BCUT2D eigenvalue weighted by atomic mass is 9.99. The summed E-state index contributed by atoms with van der Waals surface area (Å²) in [4.78, 5) is 11.5. The molecule has 0 heterocycles. The summed E-state index contributed by atoms with van der Waals surface area (Å²) in [7, 11) is 1.20. The molecule has 0 aromatic heterocycles. The summed E-state index contributed by atoms with van der Waals surface area (Å²) < 4.78 is 48.6. The second-order valence-electron chi connectivity index (χ2n) is 6.72. The van der Waals surface area contributed by atoms with Gasteiger partial charge in [-0.3, -0.25) is 0 Å². The van der Waals surface area contributed by atoms with Crippen molar-refractivity contribution in [2.75, 3.05) is 13.7 Å². The van der Waals surface area contributed by atoms with E-state index in [4.69, 9.17) is 9.47 Å². The van der Waals surface area contributed by atoms with Gasteiger partial charge in [0.1, 0.15) is 17.5 Å². The molecule has 0 aliphatic heterocycles. The van der Waals surface area contributed by atoms with Gasteiger partial charge in [-0.05, 0) is 51.0 Å². The zero-order chi connectivity index (χ0) is 20.1. The molecule has 0 spiro atoms. The molecule has 1 rings (SSSR count). The second-order valence-corrected chi connectivity index (χ2v) is 6.72. The normalized spacial score (nSPS) is 14.5. The SMILES string of the molecule is COc1cc(C(O)C(O)CCNC(=O)OC(C)(C)C)cc(C(F)(F)F)c1. The lowest BCUT2D eigenvalue weighted by Crippen LogP contribution is -2.34. The first-order valence-electron chi connectivity index (χ1n) is 7.92. The fraction of sp³-hybridized carbons (Fsp3) is 0.588. The number of amides is 1. The molecule has 3 N–H and O–H groups in total. The number of hydrogen-bond acceptors (Lipinski definition) is 5. The van der Waals surface area contributed by atoms with E-state index in [1.807, 2.05) is 0 Å². The van der Waals surface area contributed by atoms with Gasteiger partial charge in [0.25, 0.3) is 0 Å². The fourth-order valence-corrected chi connectivity index (χ4v) is 2.09. The highest BCUT2D eigenvalue weighted by atomic mass is 19.4. The summed E-state index contributed by atoms with van der Waals surface area (Å²) >= 11 is 0. The minimum absolute atomic E-state index is 0.0246. The summed E-state index contributed by atoms with van der Waals surface area (Å²) in [6.07, 6.45) is -8.37. The van der Waals surface area contributed by atoms with E-state index in [9.17, 15) is 28.2 Å². The average molecular weight is 379 g/mol. The number of halogens is 3. The molecule has 26 heavy (non-hydrogen) atoms. The summed E-state index contributed by atoms with van der Waals surface area (Å²) in [5, 5.41) is 22.5. The van der Waals surface area contributed by atoms with Crippen molar-refractivity contribution in [2.24, 2.45) is 0 Å². The Morgan fingerprint density at radius 2 is 1.81 bits per heavy atom. The molecule has 1 amide bonds. The molecule has 0 saturated carbocycles. The monoisotopic (exact) mass is 379 g/mol. The van der Waals surface area contributed by atoms with Crippen LogP contribution < -0.4 is 10.1 Å². The highest BCUT2D eigenvalue weighted by Gasteiger charge is 2.32. The summed E-state index contributed by atoms with van der Waals surface area (Å²) in [6, 6.07) is 2.76. The summed E-state index contributed by atoms with van der Waals surface area (Å²) in [5.41, 5.74) is -1.82. The molecule has 0 saturated heterocycles. The van der Waals surface area contributed by atoms with Crippen molar-refractivity contribution in [2.45, 2.75) is 51.2 Å². The quantitative estimate of drug-likeness (QED) is 0.707. The predicted octanol–water partition coefficient (Wildman–Crippen LogP) is 3.02. The van der Waals surface area contributed by atoms with Crippen LogP contribution in [-0.2, 0) is 10.9 Å². The summed E-state index contributed by atoms with van der Waals surface area (Å²) in [5.74, 6) is -0.0899. The van der Waals surface area contributed by atoms with Gasteiger partial charge < -0.3 is 25.0 Å². The second kappa shape index (κ2) is 8.59. The highest BCUT2D eigenvalue weighted by molar-refractivity contribution is 5.67. The first-order valence-corrected chi connectivity index (χ1v) is 7.92. The molecular formula is C17H24F3NO5. The minimum atomic E-state index is -4.62. The van der Waals surface area contributed by atoms with Gasteiger partial charge in [0.05, 0.1) is 18.8 Å². The van der Waals surface area contributed by atoms with Crippen LogP contribution in [0.1, 0.15) is 44.4 Å². The van der Waals surface area contributed by atoms with Gasteiger partial charge in [0.2, 0.25) is 0 Å². The lowest BCUT2D eigenvalue weighted by molar-refractivity contribution is -0.137. The van der Waals surface area contributed by atoms with E-state index in [0.717, 1.165) is 12.1 Å². The number of alkyl halides is 3. The van der Waals surface area contributed by atoms with Crippen LogP contribution >= 0.6 is 0 Å². The van der Waals surface area contributed by atoms with Gasteiger partial charge in [-0.25, -0.2) is 4.79 Å². The Kier molecular flexibility index (Phi) is 7.28. The molecular weight excluding hydrogens is 355 g/mol. The third-order valence-electron chi connectivity index (χ3n) is 3.31. The smallest absolute Gasteiger partial charge is 0.416 e. The van der Waals surface area contributed by atoms with E-state index < -0.39 is 35.6 Å². The zero-order valence-electron chi connectivity index (χ0n) is 15.1. The van der Waals surface area contributed by atoms with Crippen molar-refractivity contribution < 1.29 is 37.7 Å². The number of benzene rings is 1. The number of hydrogen-bond donors (Lipinski definition) is 3. The number of nitrogens with one attached hydrogen (secondary N) is 1. The van der Waals surface area contributed by atoms with E-state index in [2.05, 4.69) is 5.32 Å². The molecule has 0 aliphatic carbocycles. The van der Waals surface area contributed by atoms with Crippen molar-refractivity contribution in [1.82, 2.24) is 5.32 Å². The Balaban J connectivity index is 2.73. The number of aliphatic hydroxyl groups is 2. The van der Waals surface area contributed by atoms with Crippen molar-refractivity contribution in [1.29, 1.82) is 0 Å². The number of ether oxygens (including phenoxy) is 2. The Morgan fingerprint density at radius 3 is 2.31 bits per heavy atom. The van der Waals surface area contributed by atoms with E-state index in [1.165, 1.54) is 13.2 Å².